The average molecular weight is 388 g/mol. The van der Waals surface area contributed by atoms with E-state index >= 15 is 0 Å². The Labute approximate surface area is 160 Å². The number of hydrogen-bond donors (Lipinski definition) is 0. The number of ketones is 1. The minimum absolute atomic E-state index is 0.0855. The predicted molar refractivity (Wildman–Crippen MR) is 102 cm³/mol. The van der Waals surface area contributed by atoms with E-state index in [0.29, 0.717) is 28.8 Å². The lowest BCUT2D eigenvalue weighted by Crippen LogP contribution is -2.10. The maximum absolute atomic E-state index is 12.7. The number of pyridine rings is 2. The predicted octanol–water partition coefficient (Wildman–Crippen LogP) is 4.29. The Balaban J connectivity index is 1.62. The largest absolute Gasteiger partial charge is 0.481 e. The first-order valence-electron chi connectivity index (χ1n) is 8.50. The van der Waals surface area contributed by atoms with Crippen LogP contribution in [0.5, 0.6) is 5.88 Å². The molecule has 26 heavy (non-hydrogen) atoms. The number of nitrogens with zero attached hydrogens (tertiary/aromatic N) is 3. The number of ether oxygens (including phenoxy) is 1. The number of rotatable bonds is 6. The number of hydrogen-bond acceptors (Lipinski definition) is 6. The molecule has 0 aromatic carbocycles. The van der Waals surface area contributed by atoms with Gasteiger partial charge < -0.3 is 4.74 Å². The Morgan fingerprint density at radius 3 is 2.77 bits per heavy atom. The van der Waals surface area contributed by atoms with Crippen LogP contribution in [0.3, 0.4) is 0 Å². The number of methoxy groups -OCH3 is 1. The zero-order chi connectivity index (χ0) is 18.3. The van der Waals surface area contributed by atoms with Crippen LogP contribution >= 0.6 is 22.9 Å². The van der Waals surface area contributed by atoms with Crippen molar-refractivity contribution in [3.05, 3.63) is 45.2 Å². The molecule has 1 aliphatic carbocycles. The summed E-state index contributed by atoms with van der Waals surface area (Å²) in [5.41, 5.74) is 3.88. The van der Waals surface area contributed by atoms with Crippen LogP contribution in [0.2, 0.25) is 5.02 Å². The fourth-order valence-electron chi connectivity index (χ4n) is 3.27. The van der Waals surface area contributed by atoms with E-state index in [1.807, 2.05) is 13.1 Å². The fourth-order valence-corrected chi connectivity index (χ4v) is 4.23. The van der Waals surface area contributed by atoms with Crippen LogP contribution in [0.4, 0.5) is 0 Å². The number of carbonyl (C=O) groups excluding carboxylic acids is 1. The van der Waals surface area contributed by atoms with Crippen molar-refractivity contribution in [2.24, 2.45) is 0 Å². The molecule has 0 saturated heterocycles. The van der Waals surface area contributed by atoms with Gasteiger partial charge in [0.1, 0.15) is 16.1 Å². The molecule has 0 amide bonds. The van der Waals surface area contributed by atoms with Crippen LogP contribution < -0.4 is 4.74 Å². The minimum atomic E-state index is 0.0855. The van der Waals surface area contributed by atoms with E-state index in [1.54, 1.807) is 17.4 Å². The number of halogens is 1. The molecule has 4 rings (SSSR count). The van der Waals surface area contributed by atoms with E-state index in [9.17, 15) is 4.79 Å². The van der Waals surface area contributed by atoms with Gasteiger partial charge in [0, 0.05) is 30.8 Å². The highest BCUT2D eigenvalue weighted by Crippen LogP contribution is 2.45. The Morgan fingerprint density at radius 2 is 2.04 bits per heavy atom. The van der Waals surface area contributed by atoms with Gasteiger partial charge in [-0.2, -0.15) is 0 Å². The third-order valence-electron chi connectivity index (χ3n) is 4.50. The number of Topliss-reactive ketones (excluding diaryl/α,β-unsaturated/α-hetero) is 1. The van der Waals surface area contributed by atoms with Crippen molar-refractivity contribution in [2.45, 2.75) is 38.5 Å². The molecule has 134 valence electrons. The summed E-state index contributed by atoms with van der Waals surface area (Å²) in [5, 5.41) is 1.50. The van der Waals surface area contributed by atoms with Crippen LogP contribution in [0, 0.1) is 6.92 Å². The summed E-state index contributed by atoms with van der Waals surface area (Å²) in [5.74, 6) is 1.03. The molecule has 0 bridgehead atoms. The van der Waals surface area contributed by atoms with E-state index in [-0.39, 0.29) is 12.2 Å². The lowest BCUT2D eigenvalue weighted by Gasteiger charge is -2.10. The zero-order valence-electron chi connectivity index (χ0n) is 14.6. The topological polar surface area (TPSA) is 65.0 Å². The van der Waals surface area contributed by atoms with Gasteiger partial charge in [-0.05, 0) is 42.9 Å². The van der Waals surface area contributed by atoms with Crippen molar-refractivity contribution < 1.29 is 9.53 Å². The summed E-state index contributed by atoms with van der Waals surface area (Å²) >= 11 is 7.62. The van der Waals surface area contributed by atoms with E-state index in [2.05, 4.69) is 15.0 Å². The quantitative estimate of drug-likeness (QED) is 0.631. The smallest absolute Gasteiger partial charge is 0.216 e. The molecule has 1 fully saturated rings. The maximum atomic E-state index is 12.7. The van der Waals surface area contributed by atoms with Crippen molar-refractivity contribution in [3.63, 3.8) is 0 Å². The lowest BCUT2D eigenvalue weighted by molar-refractivity contribution is -0.117. The molecule has 0 atom stereocenters. The van der Waals surface area contributed by atoms with Crippen LogP contribution in [0.1, 0.15) is 40.5 Å². The Bertz CT molecular complexity index is 998. The first kappa shape index (κ1) is 17.4. The molecule has 1 saturated carbocycles. The third kappa shape index (κ3) is 3.44. The van der Waals surface area contributed by atoms with Crippen molar-refractivity contribution in [1.82, 2.24) is 15.0 Å². The second kappa shape index (κ2) is 6.93. The third-order valence-corrected chi connectivity index (χ3v) is 5.59. The van der Waals surface area contributed by atoms with Crippen LogP contribution in [0.25, 0.3) is 10.3 Å². The number of thiazole rings is 1. The molecular weight excluding hydrogens is 370 g/mol. The van der Waals surface area contributed by atoms with Crippen LogP contribution in [-0.2, 0) is 17.6 Å². The molecule has 0 radical (unpaired) electrons. The van der Waals surface area contributed by atoms with Crippen molar-refractivity contribution in [2.75, 3.05) is 7.11 Å². The highest BCUT2D eigenvalue weighted by molar-refractivity contribution is 7.18. The Hall–Kier alpha value is -2.05. The molecule has 0 spiro atoms. The molecule has 0 aliphatic heterocycles. The van der Waals surface area contributed by atoms with Crippen molar-refractivity contribution >= 4 is 39.1 Å². The maximum Gasteiger partial charge on any atom is 0.216 e. The molecule has 7 heteroatoms. The SMILES string of the molecule is COc1ncc(Cl)cc1CC(=O)Cc1cnc2sc(C)nc2c1C1CC1. The van der Waals surface area contributed by atoms with E-state index in [0.717, 1.165) is 33.8 Å². The molecule has 0 unspecified atom stereocenters. The molecule has 3 aromatic rings. The Kier molecular flexibility index (Phi) is 4.63. The van der Waals surface area contributed by atoms with Crippen LogP contribution in [0.15, 0.2) is 18.5 Å². The first-order chi connectivity index (χ1) is 12.5. The van der Waals surface area contributed by atoms with Gasteiger partial charge in [0.2, 0.25) is 5.88 Å². The summed E-state index contributed by atoms with van der Waals surface area (Å²) in [6.07, 6.45) is 6.24. The minimum Gasteiger partial charge on any atom is -0.481 e. The highest BCUT2D eigenvalue weighted by Gasteiger charge is 2.30. The van der Waals surface area contributed by atoms with Gasteiger partial charge in [-0.3, -0.25) is 4.79 Å². The standard InChI is InChI=1S/C19H18ClN3O2S/c1-10-23-17-16(11-3-4-11)13(8-22-19(17)26-10)7-15(24)6-12-5-14(20)9-21-18(12)25-2/h5,8-9,11H,3-4,6-7H2,1-2H3. The summed E-state index contributed by atoms with van der Waals surface area (Å²) in [6, 6.07) is 1.73. The normalized spacial score (nSPS) is 14.0. The second-order valence-electron chi connectivity index (χ2n) is 6.57. The number of carbonyl (C=O) groups is 1. The van der Waals surface area contributed by atoms with Gasteiger partial charge >= 0.3 is 0 Å². The van der Waals surface area contributed by atoms with Gasteiger partial charge in [-0.15, -0.1) is 0 Å². The summed E-state index contributed by atoms with van der Waals surface area (Å²) in [4.78, 5) is 27.0. The second-order valence-corrected chi connectivity index (χ2v) is 8.19. The zero-order valence-corrected chi connectivity index (χ0v) is 16.2. The van der Waals surface area contributed by atoms with Crippen molar-refractivity contribution in [3.8, 4) is 5.88 Å². The van der Waals surface area contributed by atoms with Crippen LogP contribution in [-0.4, -0.2) is 27.8 Å². The molecule has 1 aliphatic rings. The molecule has 5 nitrogen and oxygen atoms in total. The summed E-state index contributed by atoms with van der Waals surface area (Å²) in [6.45, 7) is 1.99. The number of aromatic nitrogens is 3. The van der Waals surface area contributed by atoms with Crippen molar-refractivity contribution in [1.29, 1.82) is 0 Å². The van der Waals surface area contributed by atoms with E-state index in [1.165, 1.54) is 18.9 Å². The average Bonchev–Trinajstić information content (AvgIpc) is 3.35. The van der Waals surface area contributed by atoms with E-state index in [4.69, 9.17) is 16.3 Å². The number of aryl methyl sites for hydroxylation is 1. The number of fused-ring (bicyclic) bond motifs is 1. The van der Waals surface area contributed by atoms with Gasteiger partial charge in [0.15, 0.2) is 0 Å². The first-order valence-corrected chi connectivity index (χ1v) is 9.69. The summed E-state index contributed by atoms with van der Waals surface area (Å²) < 4.78 is 5.24. The van der Waals surface area contributed by atoms with Gasteiger partial charge in [-0.25, -0.2) is 15.0 Å². The molecule has 3 aromatic heterocycles. The lowest BCUT2D eigenvalue weighted by atomic mass is 9.98. The molecular formula is C19H18ClN3O2S. The van der Waals surface area contributed by atoms with Gasteiger partial charge in [-0.1, -0.05) is 22.9 Å². The van der Waals surface area contributed by atoms with E-state index < -0.39 is 0 Å². The monoisotopic (exact) mass is 387 g/mol. The molecule has 3 heterocycles. The summed E-state index contributed by atoms with van der Waals surface area (Å²) in [7, 11) is 1.54. The Morgan fingerprint density at radius 1 is 1.27 bits per heavy atom. The van der Waals surface area contributed by atoms with Gasteiger partial charge in [0.25, 0.3) is 0 Å². The van der Waals surface area contributed by atoms with Gasteiger partial charge in [0.05, 0.1) is 17.1 Å². The fraction of sp³-hybridized carbons (Fsp3) is 0.368. The molecule has 0 N–H and O–H groups in total. The highest BCUT2D eigenvalue weighted by atomic mass is 35.5.